The van der Waals surface area contributed by atoms with Gasteiger partial charge in [-0.2, -0.15) is 14.9 Å². The van der Waals surface area contributed by atoms with E-state index in [1.54, 1.807) is 6.20 Å². The minimum atomic E-state index is -1.03. The Labute approximate surface area is 150 Å². The maximum absolute atomic E-state index is 12.1. The zero-order chi connectivity index (χ0) is 18.1. The van der Waals surface area contributed by atoms with Gasteiger partial charge in [0.1, 0.15) is 0 Å². The fraction of sp³-hybridized carbons (Fsp3) is 0.158. The van der Waals surface area contributed by atoms with Crippen LogP contribution in [0.1, 0.15) is 25.1 Å². The number of aromatic nitrogens is 3. The van der Waals surface area contributed by atoms with E-state index in [0.717, 1.165) is 11.3 Å². The normalized spacial score (nSPS) is 19.2. The number of amides is 1. The molecule has 1 aliphatic heterocycles. The quantitative estimate of drug-likeness (QED) is 0.730. The highest BCUT2D eigenvalue weighted by atomic mass is 16.6. The molecule has 1 atom stereocenters. The number of ether oxygens (including phenoxy) is 1. The first kappa shape index (κ1) is 16.0. The van der Waals surface area contributed by atoms with Gasteiger partial charge in [-0.15, -0.1) is 10.2 Å². The van der Waals surface area contributed by atoms with Crippen molar-refractivity contribution < 1.29 is 9.53 Å². The van der Waals surface area contributed by atoms with Gasteiger partial charge in [0.15, 0.2) is 5.69 Å². The fourth-order valence-electron chi connectivity index (χ4n) is 2.89. The molecule has 3 aromatic rings. The molecule has 2 heterocycles. The number of carbonyl (C=O) groups is 1. The second kappa shape index (κ2) is 6.11. The van der Waals surface area contributed by atoms with E-state index in [-0.39, 0.29) is 11.8 Å². The molecule has 0 bridgehead atoms. The Kier molecular flexibility index (Phi) is 3.76. The first-order chi connectivity index (χ1) is 12.6. The molecule has 1 unspecified atom stereocenters. The lowest BCUT2D eigenvalue weighted by Gasteiger charge is -2.30. The molecule has 26 heavy (non-hydrogen) atoms. The molecule has 7 nitrogen and oxygen atoms in total. The largest absolute Gasteiger partial charge is 0.442 e. The summed E-state index contributed by atoms with van der Waals surface area (Å²) < 4.78 is 6.08. The van der Waals surface area contributed by atoms with Gasteiger partial charge in [-0.3, -0.25) is 4.79 Å². The summed E-state index contributed by atoms with van der Waals surface area (Å²) in [5.41, 5.74) is 1.08. The highest BCUT2D eigenvalue weighted by molar-refractivity contribution is 5.94. The van der Waals surface area contributed by atoms with Crippen LogP contribution in [0.15, 0.2) is 72.0 Å². The highest BCUT2D eigenvalue weighted by Crippen LogP contribution is 2.36. The smallest absolute Gasteiger partial charge is 0.263 e. The Morgan fingerprint density at radius 2 is 1.69 bits per heavy atom. The van der Waals surface area contributed by atoms with Crippen LogP contribution in [0.3, 0.4) is 0 Å². The van der Waals surface area contributed by atoms with Crippen molar-refractivity contribution in [1.82, 2.24) is 20.0 Å². The lowest BCUT2D eigenvalue weighted by atomic mass is 10.0. The summed E-state index contributed by atoms with van der Waals surface area (Å²) in [5.74, 6) is 0.0375. The van der Waals surface area contributed by atoms with Crippen LogP contribution in [0.4, 0.5) is 0 Å². The minimum absolute atomic E-state index is 0.221. The Balaban J connectivity index is 1.69. The summed E-state index contributed by atoms with van der Waals surface area (Å²) in [4.78, 5) is 13.6. The predicted molar refractivity (Wildman–Crippen MR) is 95.3 cm³/mol. The second-order valence-corrected chi connectivity index (χ2v) is 6.04. The summed E-state index contributed by atoms with van der Waals surface area (Å²) >= 11 is 0. The topological polar surface area (TPSA) is 72.6 Å². The van der Waals surface area contributed by atoms with Gasteiger partial charge >= 0.3 is 0 Å². The van der Waals surface area contributed by atoms with Crippen LogP contribution < -0.4 is 0 Å². The molecule has 7 heteroatoms. The number of benzene rings is 2. The lowest BCUT2D eigenvalue weighted by Crippen LogP contribution is -2.41. The van der Waals surface area contributed by atoms with E-state index in [9.17, 15) is 4.79 Å². The zero-order valence-corrected chi connectivity index (χ0v) is 14.4. The Bertz CT molecular complexity index is 968. The molecule has 2 aromatic carbocycles. The van der Waals surface area contributed by atoms with Gasteiger partial charge in [0.25, 0.3) is 5.90 Å². The molecule has 0 aliphatic carbocycles. The van der Waals surface area contributed by atoms with E-state index in [0.29, 0.717) is 5.69 Å². The highest BCUT2D eigenvalue weighted by Gasteiger charge is 2.45. The molecule has 0 fully saturated rings. The number of nitrogens with zero attached hydrogens (tertiary/aromatic N) is 5. The van der Waals surface area contributed by atoms with Crippen molar-refractivity contribution in [1.29, 1.82) is 0 Å². The SMILES string of the molecule is CC(=O)N1N=C(c2cnn(-c3ccccc3)n2)OC1(C)c1ccccc1. The van der Waals surface area contributed by atoms with Gasteiger partial charge in [0.05, 0.1) is 11.9 Å². The molecule has 1 aliphatic rings. The van der Waals surface area contributed by atoms with E-state index in [1.165, 1.54) is 16.7 Å². The summed E-state index contributed by atoms with van der Waals surface area (Å²) in [6.45, 7) is 3.26. The van der Waals surface area contributed by atoms with Crippen LogP contribution in [-0.4, -0.2) is 31.8 Å². The van der Waals surface area contributed by atoms with Gasteiger partial charge in [-0.25, -0.2) is 0 Å². The van der Waals surface area contributed by atoms with E-state index >= 15 is 0 Å². The number of rotatable bonds is 3. The fourth-order valence-corrected chi connectivity index (χ4v) is 2.89. The summed E-state index contributed by atoms with van der Waals surface area (Å²) in [6, 6.07) is 19.0. The predicted octanol–water partition coefficient (Wildman–Crippen LogP) is 2.68. The molecule has 0 spiro atoms. The molecule has 0 saturated heterocycles. The van der Waals surface area contributed by atoms with Crippen LogP contribution in [0.5, 0.6) is 0 Å². The Hall–Kier alpha value is -3.48. The van der Waals surface area contributed by atoms with Crippen LogP contribution in [0.25, 0.3) is 5.69 Å². The molecule has 0 saturated carbocycles. The summed E-state index contributed by atoms with van der Waals surface area (Å²) in [5, 5.41) is 14.4. The third-order valence-electron chi connectivity index (χ3n) is 4.20. The minimum Gasteiger partial charge on any atom is -0.442 e. The number of carbonyl (C=O) groups excluding carboxylic acids is 1. The molecule has 0 radical (unpaired) electrons. The van der Waals surface area contributed by atoms with E-state index < -0.39 is 5.72 Å². The molecule has 1 aromatic heterocycles. The van der Waals surface area contributed by atoms with Gasteiger partial charge < -0.3 is 4.74 Å². The monoisotopic (exact) mass is 347 g/mol. The second-order valence-electron chi connectivity index (χ2n) is 6.04. The average Bonchev–Trinajstić information content (AvgIpc) is 3.29. The first-order valence-electron chi connectivity index (χ1n) is 8.20. The van der Waals surface area contributed by atoms with Crippen molar-refractivity contribution in [2.45, 2.75) is 19.6 Å². The van der Waals surface area contributed by atoms with Crippen LogP contribution in [-0.2, 0) is 15.3 Å². The van der Waals surface area contributed by atoms with Crippen molar-refractivity contribution in [2.75, 3.05) is 0 Å². The zero-order valence-electron chi connectivity index (χ0n) is 14.4. The number of para-hydroxylation sites is 1. The van der Waals surface area contributed by atoms with Crippen LogP contribution in [0.2, 0.25) is 0 Å². The van der Waals surface area contributed by atoms with Gasteiger partial charge in [-0.05, 0) is 12.1 Å². The third-order valence-corrected chi connectivity index (χ3v) is 4.20. The van der Waals surface area contributed by atoms with E-state index in [4.69, 9.17) is 4.74 Å². The van der Waals surface area contributed by atoms with E-state index in [1.807, 2.05) is 67.6 Å². The molecule has 0 N–H and O–H groups in total. The summed E-state index contributed by atoms with van der Waals surface area (Å²) in [7, 11) is 0. The molecular weight excluding hydrogens is 330 g/mol. The molecular formula is C19H17N5O2. The van der Waals surface area contributed by atoms with Crippen molar-refractivity contribution in [3.05, 3.63) is 78.1 Å². The summed E-state index contributed by atoms with van der Waals surface area (Å²) in [6.07, 6.45) is 1.57. The van der Waals surface area contributed by atoms with Gasteiger partial charge in [0, 0.05) is 19.4 Å². The number of hydrogen-bond acceptors (Lipinski definition) is 5. The van der Waals surface area contributed by atoms with Gasteiger partial charge in [-0.1, -0.05) is 48.5 Å². The maximum atomic E-state index is 12.1. The lowest BCUT2D eigenvalue weighted by molar-refractivity contribution is -0.146. The molecule has 4 rings (SSSR count). The standard InChI is InChI=1S/C19H17N5O2/c1-14(25)23-19(2,15-9-5-3-6-10-15)26-18(22-23)17-13-20-24(21-17)16-11-7-4-8-12-16/h3-13H,1-2H3. The Morgan fingerprint density at radius 1 is 1.04 bits per heavy atom. The van der Waals surface area contributed by atoms with Crippen molar-refractivity contribution >= 4 is 11.8 Å². The Morgan fingerprint density at radius 3 is 2.35 bits per heavy atom. The van der Waals surface area contributed by atoms with Crippen LogP contribution >= 0.6 is 0 Å². The third kappa shape index (κ3) is 2.63. The maximum Gasteiger partial charge on any atom is 0.263 e. The van der Waals surface area contributed by atoms with Crippen molar-refractivity contribution in [3.63, 3.8) is 0 Å². The number of hydrazone groups is 1. The van der Waals surface area contributed by atoms with E-state index in [2.05, 4.69) is 15.3 Å². The first-order valence-corrected chi connectivity index (χ1v) is 8.20. The van der Waals surface area contributed by atoms with Crippen molar-refractivity contribution in [2.24, 2.45) is 5.10 Å². The van der Waals surface area contributed by atoms with Gasteiger partial charge in [0.2, 0.25) is 11.6 Å². The molecule has 130 valence electrons. The van der Waals surface area contributed by atoms with Crippen molar-refractivity contribution in [3.8, 4) is 5.69 Å². The number of hydrogen-bond donors (Lipinski definition) is 0. The average molecular weight is 347 g/mol. The van der Waals surface area contributed by atoms with Crippen LogP contribution in [0, 0.1) is 0 Å². The molecule has 1 amide bonds.